The normalized spacial score (nSPS) is 17.6. The minimum atomic E-state index is -0.863. The van der Waals surface area contributed by atoms with Crippen molar-refractivity contribution in [1.29, 1.82) is 0 Å². The standard InChI is InChI=1S/C25H21ClN2O4/c1-3-32-19-8-4-6-16(12-19)23(29)21-22(17-7-5-11-27-14-17)28(25(31)24(21)30)18-10-9-15(2)20(26)13-18/h4-14,22,29H,3H2,1-2H3/b23-21+. The van der Waals surface area contributed by atoms with Gasteiger partial charge in [-0.25, -0.2) is 0 Å². The van der Waals surface area contributed by atoms with Crippen LogP contribution in [0.1, 0.15) is 29.7 Å². The molecule has 32 heavy (non-hydrogen) atoms. The first-order chi connectivity index (χ1) is 15.4. The van der Waals surface area contributed by atoms with E-state index in [4.69, 9.17) is 16.3 Å². The number of ketones is 1. The largest absolute Gasteiger partial charge is 0.507 e. The number of aliphatic hydroxyl groups is 1. The zero-order valence-corrected chi connectivity index (χ0v) is 18.3. The van der Waals surface area contributed by atoms with Crippen molar-refractivity contribution >= 4 is 34.7 Å². The van der Waals surface area contributed by atoms with E-state index >= 15 is 0 Å². The molecule has 2 aromatic carbocycles. The summed E-state index contributed by atoms with van der Waals surface area (Å²) in [6.07, 6.45) is 3.17. The number of rotatable bonds is 5. The van der Waals surface area contributed by atoms with Gasteiger partial charge in [-0.1, -0.05) is 35.9 Å². The van der Waals surface area contributed by atoms with Crippen LogP contribution in [-0.4, -0.2) is 28.4 Å². The molecule has 4 rings (SSSR count). The quantitative estimate of drug-likeness (QED) is 0.335. The van der Waals surface area contributed by atoms with Crippen LogP contribution in [0, 0.1) is 6.92 Å². The maximum atomic E-state index is 13.2. The van der Waals surface area contributed by atoms with Gasteiger partial charge in [-0.2, -0.15) is 0 Å². The van der Waals surface area contributed by atoms with Gasteiger partial charge in [0.25, 0.3) is 11.7 Å². The fourth-order valence-electron chi connectivity index (χ4n) is 3.74. The second kappa shape index (κ2) is 8.85. The number of nitrogens with zero attached hydrogens (tertiary/aromatic N) is 2. The van der Waals surface area contributed by atoms with Crippen LogP contribution in [0.4, 0.5) is 5.69 Å². The highest BCUT2D eigenvalue weighted by atomic mass is 35.5. The molecule has 1 atom stereocenters. The molecule has 0 radical (unpaired) electrons. The van der Waals surface area contributed by atoms with E-state index in [1.807, 2.05) is 13.8 Å². The molecule has 1 unspecified atom stereocenters. The van der Waals surface area contributed by atoms with Crippen LogP contribution in [0.15, 0.2) is 72.6 Å². The van der Waals surface area contributed by atoms with Crippen LogP contribution >= 0.6 is 11.6 Å². The van der Waals surface area contributed by atoms with Gasteiger partial charge in [0.05, 0.1) is 18.2 Å². The van der Waals surface area contributed by atoms with Crippen LogP contribution in [0.5, 0.6) is 5.75 Å². The molecular formula is C25H21ClN2O4. The highest BCUT2D eigenvalue weighted by molar-refractivity contribution is 6.51. The average molecular weight is 449 g/mol. The van der Waals surface area contributed by atoms with Crippen LogP contribution in [0.25, 0.3) is 5.76 Å². The lowest BCUT2D eigenvalue weighted by Crippen LogP contribution is -2.29. The summed E-state index contributed by atoms with van der Waals surface area (Å²) in [6, 6.07) is 14.5. The van der Waals surface area contributed by atoms with Crippen molar-refractivity contribution in [3.05, 3.63) is 94.3 Å². The van der Waals surface area contributed by atoms with Crippen LogP contribution in [0.2, 0.25) is 5.02 Å². The van der Waals surface area contributed by atoms with Crippen LogP contribution < -0.4 is 9.64 Å². The smallest absolute Gasteiger partial charge is 0.300 e. The molecule has 1 fully saturated rings. The predicted molar refractivity (Wildman–Crippen MR) is 123 cm³/mol. The Labute approximate surface area is 190 Å². The molecule has 0 saturated carbocycles. The highest BCUT2D eigenvalue weighted by Crippen LogP contribution is 2.42. The maximum absolute atomic E-state index is 13.2. The number of amides is 1. The molecule has 0 spiro atoms. The Morgan fingerprint density at radius 2 is 1.97 bits per heavy atom. The Hall–Kier alpha value is -3.64. The number of benzene rings is 2. The van der Waals surface area contributed by atoms with E-state index in [0.717, 1.165) is 5.56 Å². The highest BCUT2D eigenvalue weighted by Gasteiger charge is 2.47. The number of carbonyl (C=O) groups excluding carboxylic acids is 2. The van der Waals surface area contributed by atoms with E-state index in [9.17, 15) is 14.7 Å². The molecule has 1 aliphatic rings. The topological polar surface area (TPSA) is 79.7 Å². The first kappa shape index (κ1) is 21.6. The predicted octanol–water partition coefficient (Wildman–Crippen LogP) is 5.07. The van der Waals surface area contributed by atoms with Gasteiger partial charge in [0, 0.05) is 28.7 Å². The van der Waals surface area contributed by atoms with Crippen molar-refractivity contribution in [3.8, 4) is 5.75 Å². The third-order valence-electron chi connectivity index (χ3n) is 5.30. The summed E-state index contributed by atoms with van der Waals surface area (Å²) in [5.74, 6) is -1.26. The molecule has 1 amide bonds. The minimum absolute atomic E-state index is 0.0201. The van der Waals surface area contributed by atoms with E-state index in [2.05, 4.69) is 4.98 Å². The Morgan fingerprint density at radius 1 is 1.16 bits per heavy atom. The molecule has 6 nitrogen and oxygen atoms in total. The molecule has 0 bridgehead atoms. The van der Waals surface area contributed by atoms with Crippen molar-refractivity contribution < 1.29 is 19.4 Å². The van der Waals surface area contributed by atoms with Crippen molar-refractivity contribution in [3.63, 3.8) is 0 Å². The van der Waals surface area contributed by atoms with E-state index in [-0.39, 0.29) is 11.3 Å². The van der Waals surface area contributed by atoms with E-state index in [0.29, 0.717) is 34.2 Å². The van der Waals surface area contributed by atoms with Gasteiger partial charge in [0.15, 0.2) is 0 Å². The van der Waals surface area contributed by atoms with Crippen molar-refractivity contribution in [2.45, 2.75) is 19.9 Å². The summed E-state index contributed by atoms with van der Waals surface area (Å²) in [6.45, 7) is 4.16. The summed E-state index contributed by atoms with van der Waals surface area (Å²) in [4.78, 5) is 31.8. The Balaban J connectivity index is 1.92. The molecule has 3 aromatic rings. The number of carbonyl (C=O) groups is 2. The summed E-state index contributed by atoms with van der Waals surface area (Å²) in [7, 11) is 0. The SMILES string of the molecule is CCOc1cccc(/C(O)=C2\C(=O)C(=O)N(c3ccc(C)c(Cl)c3)C2c2cccnc2)c1. The van der Waals surface area contributed by atoms with Crippen molar-refractivity contribution in [1.82, 2.24) is 4.98 Å². The Morgan fingerprint density at radius 3 is 2.66 bits per heavy atom. The van der Waals surface area contributed by atoms with Crippen molar-refractivity contribution in [2.24, 2.45) is 0 Å². The fraction of sp³-hybridized carbons (Fsp3) is 0.160. The Bertz CT molecular complexity index is 1220. The average Bonchev–Trinajstić information content (AvgIpc) is 3.07. The van der Waals surface area contributed by atoms with E-state index < -0.39 is 17.7 Å². The molecule has 162 valence electrons. The zero-order valence-electron chi connectivity index (χ0n) is 17.6. The minimum Gasteiger partial charge on any atom is -0.507 e. The second-order valence-corrected chi connectivity index (χ2v) is 7.76. The number of ether oxygens (including phenoxy) is 1. The number of hydrogen-bond acceptors (Lipinski definition) is 5. The molecule has 1 saturated heterocycles. The number of aryl methyl sites for hydroxylation is 1. The molecule has 1 N–H and O–H groups in total. The maximum Gasteiger partial charge on any atom is 0.300 e. The number of Topliss-reactive ketones (excluding diaryl/α,β-unsaturated/α-hetero) is 1. The first-order valence-corrected chi connectivity index (χ1v) is 10.5. The molecular weight excluding hydrogens is 428 g/mol. The Kier molecular flexibility index (Phi) is 5.97. The van der Waals surface area contributed by atoms with Crippen LogP contribution in [0.3, 0.4) is 0 Å². The number of halogens is 1. The lowest BCUT2D eigenvalue weighted by molar-refractivity contribution is -0.132. The lowest BCUT2D eigenvalue weighted by Gasteiger charge is -2.25. The number of anilines is 1. The van der Waals surface area contributed by atoms with Gasteiger partial charge in [-0.3, -0.25) is 19.5 Å². The molecule has 0 aliphatic carbocycles. The first-order valence-electron chi connectivity index (χ1n) is 10.1. The van der Waals surface area contributed by atoms with Gasteiger partial charge in [0.2, 0.25) is 0 Å². The van der Waals surface area contributed by atoms with Crippen molar-refractivity contribution in [2.75, 3.05) is 11.5 Å². The number of hydrogen-bond donors (Lipinski definition) is 1. The molecule has 2 heterocycles. The van der Waals surface area contributed by atoms with Gasteiger partial charge >= 0.3 is 0 Å². The van der Waals surface area contributed by atoms with Gasteiger partial charge in [-0.15, -0.1) is 0 Å². The summed E-state index contributed by atoms with van der Waals surface area (Å²) < 4.78 is 5.51. The molecule has 1 aromatic heterocycles. The summed E-state index contributed by atoms with van der Waals surface area (Å²) >= 11 is 6.30. The van der Waals surface area contributed by atoms with Crippen LogP contribution in [-0.2, 0) is 9.59 Å². The number of pyridine rings is 1. The monoisotopic (exact) mass is 448 g/mol. The third kappa shape index (κ3) is 3.85. The summed E-state index contributed by atoms with van der Waals surface area (Å²) in [5, 5.41) is 11.6. The molecule has 7 heteroatoms. The van der Waals surface area contributed by atoms with Gasteiger partial charge < -0.3 is 9.84 Å². The fourth-order valence-corrected chi connectivity index (χ4v) is 3.91. The van der Waals surface area contributed by atoms with E-state index in [1.54, 1.807) is 67.0 Å². The zero-order chi connectivity index (χ0) is 22.8. The summed E-state index contributed by atoms with van der Waals surface area (Å²) in [5.41, 5.74) is 2.25. The molecule has 1 aliphatic heterocycles. The van der Waals surface area contributed by atoms with E-state index in [1.165, 1.54) is 4.90 Å². The number of aromatic nitrogens is 1. The van der Waals surface area contributed by atoms with Gasteiger partial charge in [0.1, 0.15) is 11.5 Å². The second-order valence-electron chi connectivity index (χ2n) is 7.35. The number of aliphatic hydroxyl groups excluding tert-OH is 1. The lowest BCUT2D eigenvalue weighted by atomic mass is 9.96. The third-order valence-corrected chi connectivity index (χ3v) is 5.70. The van der Waals surface area contributed by atoms with Gasteiger partial charge in [-0.05, 0) is 55.3 Å².